The Balaban J connectivity index is 1.42. The second-order valence-corrected chi connectivity index (χ2v) is 7.45. The molecular weight excluding hydrogens is 348 g/mol. The van der Waals surface area contributed by atoms with Crippen molar-refractivity contribution >= 4 is 23.1 Å². The van der Waals surface area contributed by atoms with Crippen LogP contribution in [-0.4, -0.2) is 42.0 Å². The summed E-state index contributed by atoms with van der Waals surface area (Å²) in [6.45, 7) is 4.45. The van der Waals surface area contributed by atoms with Gasteiger partial charge in [-0.2, -0.15) is 0 Å². The van der Waals surface area contributed by atoms with Gasteiger partial charge in [0.05, 0.1) is 16.9 Å². The Morgan fingerprint density at radius 3 is 2.61 bits per heavy atom. The number of nitrogens with zero attached hydrogens (tertiary/aromatic N) is 3. The van der Waals surface area contributed by atoms with Gasteiger partial charge in [0.25, 0.3) is 5.91 Å². The molecule has 0 unspecified atom stereocenters. The second kappa shape index (κ2) is 9.02. The van der Waals surface area contributed by atoms with Crippen molar-refractivity contribution in [3.05, 3.63) is 60.3 Å². The van der Waals surface area contributed by atoms with Gasteiger partial charge in [0, 0.05) is 19.3 Å². The number of pyridine rings is 1. The summed E-state index contributed by atoms with van der Waals surface area (Å²) in [6.07, 6.45) is 12.4. The van der Waals surface area contributed by atoms with Gasteiger partial charge < -0.3 is 15.1 Å². The number of hydrogen-bond donors (Lipinski definition) is 1. The number of aromatic nitrogens is 1. The number of carbonyl (C=O) groups is 1. The molecule has 1 fully saturated rings. The van der Waals surface area contributed by atoms with Crippen molar-refractivity contribution in [3.63, 3.8) is 0 Å². The topological polar surface area (TPSA) is 48.5 Å². The minimum Gasteiger partial charge on any atom is -0.324 e. The maximum atomic E-state index is 12.6. The molecule has 0 saturated carbocycles. The second-order valence-electron chi connectivity index (χ2n) is 7.45. The van der Waals surface area contributed by atoms with Crippen LogP contribution in [0.2, 0.25) is 0 Å². The Hall–Kier alpha value is -2.66. The van der Waals surface area contributed by atoms with Crippen molar-refractivity contribution in [3.8, 4) is 0 Å². The minimum absolute atomic E-state index is 0.0792. The summed E-state index contributed by atoms with van der Waals surface area (Å²) in [6, 6.07) is 11.5. The molecule has 0 aliphatic carbocycles. The molecule has 1 aromatic carbocycles. The number of carbonyl (C=O) groups excluding carboxylic acids is 1. The van der Waals surface area contributed by atoms with E-state index in [0.29, 0.717) is 5.56 Å². The summed E-state index contributed by atoms with van der Waals surface area (Å²) < 4.78 is 0. The molecule has 2 aromatic rings. The number of piperidine rings is 1. The van der Waals surface area contributed by atoms with Crippen LogP contribution in [0, 0.1) is 0 Å². The number of fused-ring (bicyclic) bond motifs is 2. The lowest BCUT2D eigenvalue weighted by Gasteiger charge is -2.25. The van der Waals surface area contributed by atoms with Crippen molar-refractivity contribution in [1.82, 2.24) is 9.88 Å². The molecule has 4 rings (SSSR count). The highest BCUT2D eigenvalue weighted by Crippen LogP contribution is 2.35. The quantitative estimate of drug-likeness (QED) is 0.748. The maximum Gasteiger partial charge on any atom is 0.257 e. The lowest BCUT2D eigenvalue weighted by atomic mass is 10.1. The molecule has 0 radical (unpaired) electrons. The number of anilines is 3. The zero-order valence-electron chi connectivity index (χ0n) is 16.3. The largest absolute Gasteiger partial charge is 0.324 e. The van der Waals surface area contributed by atoms with E-state index < -0.39 is 0 Å². The van der Waals surface area contributed by atoms with E-state index in [1.807, 2.05) is 36.4 Å². The third kappa shape index (κ3) is 4.25. The first kappa shape index (κ1) is 18.7. The smallest absolute Gasteiger partial charge is 0.257 e. The fourth-order valence-corrected chi connectivity index (χ4v) is 4.02. The Morgan fingerprint density at radius 2 is 1.75 bits per heavy atom. The normalized spacial score (nSPS) is 17.1. The molecule has 1 amide bonds. The Morgan fingerprint density at radius 1 is 0.964 bits per heavy atom. The van der Waals surface area contributed by atoms with E-state index in [1.54, 1.807) is 6.20 Å². The van der Waals surface area contributed by atoms with Gasteiger partial charge >= 0.3 is 0 Å². The first-order valence-corrected chi connectivity index (χ1v) is 10.3. The fraction of sp³-hybridized carbons (Fsp3) is 0.391. The third-order valence-corrected chi connectivity index (χ3v) is 5.48. The standard InChI is InChI=1S/C23H28N4O/c28-23-19-11-4-5-13-21(19)27(22-20(25-23)12-10-14-24-22)18-9-2-1-6-15-26-16-7-3-8-17-26/h1-2,4-5,10-14H,3,6-9,15-18H2,(H,25,28)/b2-1-. The number of para-hydroxylation sites is 1. The number of benzene rings is 1. The van der Waals surface area contributed by atoms with Gasteiger partial charge in [-0.1, -0.05) is 30.7 Å². The Labute approximate surface area is 167 Å². The van der Waals surface area contributed by atoms with Crippen LogP contribution in [0.25, 0.3) is 0 Å². The molecule has 0 bridgehead atoms. The predicted molar refractivity (Wildman–Crippen MR) is 114 cm³/mol. The monoisotopic (exact) mass is 376 g/mol. The molecule has 0 spiro atoms. The lowest BCUT2D eigenvalue weighted by molar-refractivity contribution is 0.102. The highest BCUT2D eigenvalue weighted by atomic mass is 16.1. The zero-order chi connectivity index (χ0) is 19.2. The number of likely N-dealkylation sites (tertiary alicyclic amines) is 1. The van der Waals surface area contributed by atoms with Crippen LogP contribution in [-0.2, 0) is 0 Å². The van der Waals surface area contributed by atoms with Crippen LogP contribution >= 0.6 is 0 Å². The van der Waals surface area contributed by atoms with E-state index in [0.717, 1.165) is 43.1 Å². The molecule has 3 heterocycles. The van der Waals surface area contributed by atoms with E-state index in [1.165, 1.54) is 32.4 Å². The molecule has 0 atom stereocenters. The molecular formula is C23H28N4O. The summed E-state index contributed by atoms with van der Waals surface area (Å²) in [7, 11) is 0. The average Bonchev–Trinajstić information content (AvgIpc) is 2.86. The van der Waals surface area contributed by atoms with Gasteiger partial charge in [0.15, 0.2) is 5.82 Å². The van der Waals surface area contributed by atoms with Crippen LogP contribution < -0.4 is 10.2 Å². The summed E-state index contributed by atoms with van der Waals surface area (Å²) in [5, 5.41) is 2.99. The number of nitrogens with one attached hydrogen (secondary N) is 1. The molecule has 1 N–H and O–H groups in total. The highest BCUT2D eigenvalue weighted by Gasteiger charge is 2.25. The molecule has 2 aliphatic heterocycles. The van der Waals surface area contributed by atoms with Crippen LogP contribution in [0.3, 0.4) is 0 Å². The first-order chi connectivity index (χ1) is 13.8. The lowest BCUT2D eigenvalue weighted by Crippen LogP contribution is -2.30. The van der Waals surface area contributed by atoms with Crippen molar-refractivity contribution in [2.75, 3.05) is 36.4 Å². The number of amides is 1. The summed E-state index contributed by atoms with van der Waals surface area (Å²) in [5.74, 6) is 0.729. The molecule has 1 saturated heterocycles. The van der Waals surface area contributed by atoms with Crippen LogP contribution in [0.4, 0.5) is 17.2 Å². The zero-order valence-corrected chi connectivity index (χ0v) is 16.3. The molecule has 146 valence electrons. The minimum atomic E-state index is -0.0792. The molecule has 2 aliphatic rings. The van der Waals surface area contributed by atoms with Gasteiger partial charge in [-0.15, -0.1) is 0 Å². The van der Waals surface area contributed by atoms with Crippen molar-refractivity contribution in [2.24, 2.45) is 0 Å². The van der Waals surface area contributed by atoms with Crippen LogP contribution in [0.1, 0.15) is 42.5 Å². The van der Waals surface area contributed by atoms with Crippen LogP contribution in [0.15, 0.2) is 54.7 Å². The fourth-order valence-electron chi connectivity index (χ4n) is 4.02. The summed E-state index contributed by atoms with van der Waals surface area (Å²) in [5.41, 5.74) is 2.37. The highest BCUT2D eigenvalue weighted by molar-refractivity contribution is 6.11. The van der Waals surface area contributed by atoms with E-state index in [9.17, 15) is 4.79 Å². The van der Waals surface area contributed by atoms with Gasteiger partial charge in [-0.3, -0.25) is 4.79 Å². The molecule has 28 heavy (non-hydrogen) atoms. The molecule has 5 nitrogen and oxygen atoms in total. The Kier molecular flexibility index (Phi) is 6.02. The van der Waals surface area contributed by atoms with Gasteiger partial charge in [-0.25, -0.2) is 4.98 Å². The SMILES string of the molecule is O=C1Nc2cccnc2N(CC/C=C\CCN2CCCCC2)c2ccccc21. The number of rotatable bonds is 6. The summed E-state index contributed by atoms with van der Waals surface area (Å²) in [4.78, 5) is 21.9. The Bertz CT molecular complexity index is 842. The first-order valence-electron chi connectivity index (χ1n) is 10.3. The van der Waals surface area contributed by atoms with Crippen molar-refractivity contribution < 1.29 is 4.79 Å². The van der Waals surface area contributed by atoms with Gasteiger partial charge in [0.2, 0.25) is 0 Å². The van der Waals surface area contributed by atoms with Crippen LogP contribution in [0.5, 0.6) is 0 Å². The molecule has 1 aromatic heterocycles. The van der Waals surface area contributed by atoms with E-state index in [4.69, 9.17) is 0 Å². The third-order valence-electron chi connectivity index (χ3n) is 5.48. The average molecular weight is 377 g/mol. The van der Waals surface area contributed by atoms with Crippen molar-refractivity contribution in [2.45, 2.75) is 32.1 Å². The van der Waals surface area contributed by atoms with E-state index in [2.05, 4.69) is 32.3 Å². The predicted octanol–water partition coefficient (Wildman–Crippen LogP) is 4.61. The van der Waals surface area contributed by atoms with Gasteiger partial charge in [-0.05, 0) is 63.0 Å². The van der Waals surface area contributed by atoms with Gasteiger partial charge in [0.1, 0.15) is 0 Å². The molecule has 5 heteroatoms. The summed E-state index contributed by atoms with van der Waals surface area (Å²) >= 11 is 0. The van der Waals surface area contributed by atoms with E-state index >= 15 is 0 Å². The number of hydrogen-bond acceptors (Lipinski definition) is 4. The maximum absolute atomic E-state index is 12.6. The van der Waals surface area contributed by atoms with Crippen molar-refractivity contribution in [1.29, 1.82) is 0 Å². The van der Waals surface area contributed by atoms with E-state index in [-0.39, 0.29) is 5.91 Å².